The molecule has 0 aromatic carbocycles. The van der Waals surface area contributed by atoms with E-state index in [0.717, 1.165) is 38.5 Å². The van der Waals surface area contributed by atoms with E-state index in [9.17, 15) is 19.5 Å². The Morgan fingerprint density at radius 1 is 0.268 bits per heavy atom. The summed E-state index contributed by atoms with van der Waals surface area (Å²) < 4.78 is 22.9. The Hall–Kier alpha value is -1.71. The van der Waals surface area contributed by atoms with Gasteiger partial charge in [-0.15, -0.1) is 0 Å². The topological polar surface area (TPSA) is 111 Å². The average molecular weight is 1370 g/mol. The molecule has 9 nitrogen and oxygen atoms in total. The van der Waals surface area contributed by atoms with Gasteiger partial charge in [0.15, 0.2) is 12.4 Å². The molecule has 97 heavy (non-hydrogen) atoms. The van der Waals surface area contributed by atoms with E-state index in [-0.39, 0.29) is 32.2 Å². The number of esters is 2. The first-order chi connectivity index (χ1) is 47.6. The van der Waals surface area contributed by atoms with Crippen LogP contribution in [0.25, 0.3) is 0 Å². The third-order valence-electron chi connectivity index (χ3n) is 20.9. The van der Waals surface area contributed by atoms with Crippen molar-refractivity contribution in [2.24, 2.45) is 0 Å². The fraction of sp³-hybridized carbons (Fsp3) is 0.966. The molecule has 0 saturated heterocycles. The maximum absolute atomic E-state index is 13.0. The second-order valence-corrected chi connectivity index (χ2v) is 31.9. The van der Waals surface area contributed by atoms with Gasteiger partial charge in [0.1, 0.15) is 13.2 Å². The van der Waals surface area contributed by atoms with Crippen LogP contribution in [-0.2, 0) is 33.3 Å². The van der Waals surface area contributed by atoms with E-state index in [1.54, 1.807) is 0 Å². The zero-order valence-electron chi connectivity index (χ0n) is 66.5. The van der Waals surface area contributed by atoms with Crippen molar-refractivity contribution in [3.8, 4) is 0 Å². The molecule has 0 fully saturated rings. The maximum atomic E-state index is 13.0. The molecule has 0 saturated carbocycles. The second kappa shape index (κ2) is 80.0. The highest BCUT2D eigenvalue weighted by Gasteiger charge is 2.22. The highest BCUT2D eigenvalue weighted by molar-refractivity contribution is 5.70. The molecular weight excluding hydrogens is 1200 g/mol. The number of rotatable bonds is 85. The predicted molar refractivity (Wildman–Crippen MR) is 417 cm³/mol. The summed E-state index contributed by atoms with van der Waals surface area (Å²) in [4.78, 5) is 37.7. The van der Waals surface area contributed by atoms with Crippen LogP contribution < -0.4 is 5.11 Å². The first-order valence-electron chi connectivity index (χ1n) is 44.2. The van der Waals surface area contributed by atoms with Crippen molar-refractivity contribution in [3.05, 3.63) is 0 Å². The Morgan fingerprint density at radius 3 is 0.660 bits per heavy atom. The number of hydrogen-bond acceptors (Lipinski definition) is 8. The van der Waals surface area contributed by atoms with Crippen molar-refractivity contribution in [2.75, 3.05) is 47.5 Å². The van der Waals surface area contributed by atoms with Crippen LogP contribution in [0.4, 0.5) is 0 Å². The summed E-state index contributed by atoms with van der Waals surface area (Å²) in [6.45, 7) is 4.87. The van der Waals surface area contributed by atoms with E-state index in [1.165, 1.54) is 424 Å². The molecule has 0 aliphatic heterocycles. The quantitative estimate of drug-likeness (QED) is 0.0256. The fourth-order valence-electron chi connectivity index (χ4n) is 14.1. The summed E-state index contributed by atoms with van der Waals surface area (Å²) in [6.07, 6.45) is 97.1. The number of hydrogen-bond donors (Lipinski definition) is 0. The smallest absolute Gasteiger partial charge is 0.306 e. The summed E-state index contributed by atoms with van der Waals surface area (Å²) in [5.74, 6) is -2.24. The molecule has 0 aromatic heterocycles. The first-order valence-corrected chi connectivity index (χ1v) is 44.2. The number of likely N-dealkylation sites (N-methyl/N-ethyl adjacent to an activating group) is 1. The molecule has 0 heterocycles. The van der Waals surface area contributed by atoms with E-state index in [1.807, 2.05) is 21.1 Å². The minimum Gasteiger partial charge on any atom is -0.545 e. The lowest BCUT2D eigenvalue weighted by Gasteiger charge is -2.26. The Bertz CT molecular complexity index is 1550. The van der Waals surface area contributed by atoms with Gasteiger partial charge in [-0.1, -0.05) is 463 Å². The van der Waals surface area contributed by atoms with Crippen LogP contribution in [0.5, 0.6) is 0 Å². The van der Waals surface area contributed by atoms with Crippen molar-refractivity contribution in [2.45, 2.75) is 501 Å². The zero-order valence-corrected chi connectivity index (χ0v) is 66.5. The molecular formula is C88H173NO8. The molecule has 0 spiro atoms. The van der Waals surface area contributed by atoms with Crippen molar-refractivity contribution in [3.63, 3.8) is 0 Å². The number of nitrogens with zero attached hydrogens (tertiary/aromatic N) is 1. The van der Waals surface area contributed by atoms with Gasteiger partial charge in [0.25, 0.3) is 0 Å². The van der Waals surface area contributed by atoms with Crippen LogP contribution in [-0.4, -0.2) is 82.3 Å². The summed E-state index contributed by atoms with van der Waals surface area (Å²) in [7, 11) is 5.96. The summed E-state index contributed by atoms with van der Waals surface area (Å²) in [6, 6.07) is 0. The molecule has 9 heteroatoms. The molecule has 0 radical (unpaired) electrons. The monoisotopic (exact) mass is 1370 g/mol. The fourth-order valence-corrected chi connectivity index (χ4v) is 14.1. The number of unbranched alkanes of at least 4 members (excludes halogenated alkanes) is 70. The predicted octanol–water partition coefficient (Wildman–Crippen LogP) is 27.2. The number of carboxylic acids is 1. The Morgan fingerprint density at radius 2 is 0.464 bits per heavy atom. The van der Waals surface area contributed by atoms with Crippen LogP contribution in [0.1, 0.15) is 489 Å². The van der Waals surface area contributed by atoms with Crippen molar-refractivity contribution in [1.29, 1.82) is 0 Å². The number of ether oxygens (including phenoxy) is 4. The number of aliphatic carboxylic acids is 1. The van der Waals surface area contributed by atoms with Gasteiger partial charge in [-0.05, 0) is 12.8 Å². The normalized spacial score (nSPS) is 12.5. The molecule has 2 unspecified atom stereocenters. The highest BCUT2D eigenvalue weighted by atomic mass is 16.7. The van der Waals surface area contributed by atoms with E-state index < -0.39 is 24.3 Å². The molecule has 0 rings (SSSR count). The Balaban J connectivity index is 3.89. The standard InChI is InChI=1S/C88H173NO8/c1-6-8-10-12-14-16-18-20-22-24-26-28-30-32-34-36-38-40-42-43-45-47-49-51-53-55-57-59-61-63-65-67-69-71-73-75-77-79-86(91)97-84(83-96-88(87(92)93)94-81-80-89(3,4)5)82-95-85(90)78-76-74-72-70-68-66-64-62-60-58-56-54-52-50-48-46-44-41-39-37-35-33-31-29-27-25-23-21-19-17-15-13-11-9-7-2/h84,88H,6-83H2,1-5H3. The molecule has 0 aromatic rings. The van der Waals surface area contributed by atoms with Crippen LogP contribution >= 0.6 is 0 Å². The van der Waals surface area contributed by atoms with Crippen molar-refractivity contribution in [1.82, 2.24) is 0 Å². The maximum Gasteiger partial charge on any atom is 0.306 e. The molecule has 0 N–H and O–H groups in total. The van der Waals surface area contributed by atoms with Gasteiger partial charge < -0.3 is 33.3 Å². The third-order valence-corrected chi connectivity index (χ3v) is 20.9. The number of quaternary nitrogens is 1. The molecule has 0 aliphatic carbocycles. The minimum absolute atomic E-state index is 0.154. The number of carbonyl (C=O) groups excluding carboxylic acids is 3. The summed E-state index contributed by atoms with van der Waals surface area (Å²) in [5.41, 5.74) is 0. The lowest BCUT2D eigenvalue weighted by atomic mass is 10.0. The van der Waals surface area contributed by atoms with Crippen LogP contribution in [0.3, 0.4) is 0 Å². The number of carboxylic acid groups (broad SMARTS) is 1. The second-order valence-electron chi connectivity index (χ2n) is 31.9. The Kier molecular flexibility index (Phi) is 78.6. The van der Waals surface area contributed by atoms with E-state index >= 15 is 0 Å². The Labute approximate surface area is 606 Å². The van der Waals surface area contributed by atoms with E-state index in [0.29, 0.717) is 17.4 Å². The first kappa shape index (κ1) is 95.3. The van der Waals surface area contributed by atoms with Gasteiger partial charge in [-0.3, -0.25) is 9.59 Å². The molecule has 0 bridgehead atoms. The van der Waals surface area contributed by atoms with Gasteiger partial charge in [-0.25, -0.2) is 0 Å². The highest BCUT2D eigenvalue weighted by Crippen LogP contribution is 2.22. The van der Waals surface area contributed by atoms with Crippen molar-refractivity contribution >= 4 is 17.9 Å². The largest absolute Gasteiger partial charge is 0.545 e. The van der Waals surface area contributed by atoms with Crippen LogP contribution in [0.2, 0.25) is 0 Å². The van der Waals surface area contributed by atoms with Gasteiger partial charge in [0.05, 0.1) is 40.3 Å². The van der Waals surface area contributed by atoms with Gasteiger partial charge in [-0.2, -0.15) is 0 Å². The molecule has 2 atom stereocenters. The average Bonchev–Trinajstić information content (AvgIpc) is 3.11. The van der Waals surface area contributed by atoms with Crippen LogP contribution in [0.15, 0.2) is 0 Å². The van der Waals surface area contributed by atoms with E-state index in [4.69, 9.17) is 18.9 Å². The molecule has 578 valence electrons. The molecule has 0 aliphatic rings. The lowest BCUT2D eigenvalue weighted by molar-refractivity contribution is -0.870. The summed E-state index contributed by atoms with van der Waals surface area (Å²) >= 11 is 0. The lowest BCUT2D eigenvalue weighted by Crippen LogP contribution is -2.44. The SMILES string of the molecule is CCCCCCCCCCCCCCCCCCCCCCCCCCCCCCCCCCCCCCCC(=O)OC(COC(=O)CCCCCCCCCCCCCCCCCCCCCCCCCCCCCCCCCCCCC)COC(OCC[N+](C)(C)C)C(=O)[O-]. The number of carbonyl (C=O) groups is 3. The van der Waals surface area contributed by atoms with Crippen LogP contribution in [0, 0.1) is 0 Å². The summed E-state index contributed by atoms with van der Waals surface area (Å²) in [5, 5.41) is 11.9. The van der Waals surface area contributed by atoms with E-state index in [2.05, 4.69) is 13.8 Å². The van der Waals surface area contributed by atoms with Gasteiger partial charge in [0, 0.05) is 12.8 Å². The molecule has 0 amide bonds. The van der Waals surface area contributed by atoms with Gasteiger partial charge in [0.2, 0.25) is 0 Å². The van der Waals surface area contributed by atoms with Gasteiger partial charge >= 0.3 is 11.9 Å². The minimum atomic E-state index is -1.62. The van der Waals surface area contributed by atoms with Crippen molar-refractivity contribution < 1.29 is 42.9 Å². The zero-order chi connectivity index (χ0) is 70.4. The third kappa shape index (κ3) is 81.5.